The summed E-state index contributed by atoms with van der Waals surface area (Å²) in [7, 11) is -0.374. The van der Waals surface area contributed by atoms with Crippen LogP contribution in [-0.4, -0.2) is 65.8 Å². The fourth-order valence-electron chi connectivity index (χ4n) is 2.12. The van der Waals surface area contributed by atoms with Crippen molar-refractivity contribution in [3.63, 3.8) is 0 Å². The van der Waals surface area contributed by atoms with Crippen molar-refractivity contribution in [2.75, 3.05) is 47.0 Å². The maximum Gasteiger partial charge on any atom is 0.279 e. The standard InChI is InChI=1S/C11H25N3O4S/c1-17-9-11(18-2)7-13-19(15,16)14-5-3-4-10(6-12)8-14/h10-11,13H,3-9,12H2,1-2H3. The second kappa shape index (κ2) is 8.13. The molecule has 0 saturated carbocycles. The largest absolute Gasteiger partial charge is 0.382 e. The molecule has 8 heteroatoms. The average molecular weight is 295 g/mol. The summed E-state index contributed by atoms with van der Waals surface area (Å²) >= 11 is 0. The van der Waals surface area contributed by atoms with E-state index in [0.29, 0.717) is 26.2 Å². The highest BCUT2D eigenvalue weighted by molar-refractivity contribution is 7.87. The van der Waals surface area contributed by atoms with Gasteiger partial charge in [-0.1, -0.05) is 0 Å². The molecule has 0 radical (unpaired) electrons. The molecule has 2 atom stereocenters. The van der Waals surface area contributed by atoms with Crippen LogP contribution in [0.2, 0.25) is 0 Å². The molecule has 0 aliphatic carbocycles. The Morgan fingerprint density at radius 2 is 2.21 bits per heavy atom. The molecule has 19 heavy (non-hydrogen) atoms. The molecule has 7 nitrogen and oxygen atoms in total. The lowest BCUT2D eigenvalue weighted by atomic mass is 10.0. The molecular weight excluding hydrogens is 270 g/mol. The third kappa shape index (κ3) is 5.33. The van der Waals surface area contributed by atoms with Crippen molar-refractivity contribution in [2.24, 2.45) is 11.7 Å². The summed E-state index contributed by atoms with van der Waals surface area (Å²) < 4.78 is 38.4. The van der Waals surface area contributed by atoms with Gasteiger partial charge in [0.05, 0.1) is 12.7 Å². The molecule has 0 amide bonds. The lowest BCUT2D eigenvalue weighted by molar-refractivity contribution is 0.0317. The lowest BCUT2D eigenvalue weighted by Gasteiger charge is -2.31. The summed E-state index contributed by atoms with van der Waals surface area (Å²) in [4.78, 5) is 0. The van der Waals surface area contributed by atoms with Crippen LogP contribution in [-0.2, 0) is 19.7 Å². The van der Waals surface area contributed by atoms with Crippen LogP contribution in [0.1, 0.15) is 12.8 Å². The number of methoxy groups -OCH3 is 2. The molecule has 1 aliphatic rings. The highest BCUT2D eigenvalue weighted by atomic mass is 32.2. The maximum atomic E-state index is 12.1. The fraction of sp³-hybridized carbons (Fsp3) is 1.00. The second-order valence-electron chi connectivity index (χ2n) is 4.77. The minimum Gasteiger partial charge on any atom is -0.382 e. The van der Waals surface area contributed by atoms with E-state index in [1.807, 2.05) is 0 Å². The van der Waals surface area contributed by atoms with E-state index in [1.165, 1.54) is 11.4 Å². The van der Waals surface area contributed by atoms with Crippen LogP contribution >= 0.6 is 0 Å². The minimum atomic E-state index is -3.46. The number of nitrogens with one attached hydrogen (secondary N) is 1. The maximum absolute atomic E-state index is 12.1. The molecule has 1 aliphatic heterocycles. The van der Waals surface area contributed by atoms with E-state index in [-0.39, 0.29) is 18.6 Å². The summed E-state index contributed by atoms with van der Waals surface area (Å²) in [5, 5.41) is 0. The van der Waals surface area contributed by atoms with E-state index in [4.69, 9.17) is 15.2 Å². The SMILES string of the molecule is COCC(CNS(=O)(=O)N1CCCC(CN)C1)OC. The van der Waals surface area contributed by atoms with E-state index in [1.54, 1.807) is 7.11 Å². The first-order chi connectivity index (χ1) is 9.03. The van der Waals surface area contributed by atoms with Gasteiger partial charge in [0.2, 0.25) is 0 Å². The van der Waals surface area contributed by atoms with Crippen molar-refractivity contribution in [3.8, 4) is 0 Å². The number of rotatable bonds is 8. The van der Waals surface area contributed by atoms with Crippen LogP contribution in [0.5, 0.6) is 0 Å². The number of ether oxygens (including phenoxy) is 2. The summed E-state index contributed by atoms with van der Waals surface area (Å²) in [6, 6.07) is 0. The van der Waals surface area contributed by atoms with Gasteiger partial charge in [0.1, 0.15) is 0 Å². The molecule has 0 spiro atoms. The van der Waals surface area contributed by atoms with Gasteiger partial charge in [0.15, 0.2) is 0 Å². The lowest BCUT2D eigenvalue weighted by Crippen LogP contribution is -2.49. The van der Waals surface area contributed by atoms with E-state index in [9.17, 15) is 8.42 Å². The number of nitrogens with zero attached hydrogens (tertiary/aromatic N) is 1. The van der Waals surface area contributed by atoms with Gasteiger partial charge in [-0.25, -0.2) is 0 Å². The Morgan fingerprint density at radius 1 is 1.47 bits per heavy atom. The highest BCUT2D eigenvalue weighted by Gasteiger charge is 2.28. The van der Waals surface area contributed by atoms with Crippen LogP contribution in [0.25, 0.3) is 0 Å². The Bertz CT molecular complexity index is 350. The van der Waals surface area contributed by atoms with Crippen LogP contribution in [0.15, 0.2) is 0 Å². The first-order valence-electron chi connectivity index (χ1n) is 6.50. The van der Waals surface area contributed by atoms with Crippen molar-refractivity contribution in [1.29, 1.82) is 0 Å². The Labute approximate surface area is 115 Å². The molecular formula is C11H25N3O4S. The van der Waals surface area contributed by atoms with Crippen LogP contribution in [0, 0.1) is 5.92 Å². The van der Waals surface area contributed by atoms with Gasteiger partial charge < -0.3 is 15.2 Å². The molecule has 0 aromatic carbocycles. The molecule has 1 fully saturated rings. The molecule has 1 saturated heterocycles. The first kappa shape index (κ1) is 16.8. The normalized spacial score (nSPS) is 23.4. The number of nitrogens with two attached hydrogens (primary N) is 1. The monoisotopic (exact) mass is 295 g/mol. The highest BCUT2D eigenvalue weighted by Crippen LogP contribution is 2.17. The van der Waals surface area contributed by atoms with Gasteiger partial charge in [-0.15, -0.1) is 0 Å². The van der Waals surface area contributed by atoms with Gasteiger partial charge >= 0.3 is 0 Å². The summed E-state index contributed by atoms with van der Waals surface area (Å²) in [6.07, 6.45) is 1.57. The van der Waals surface area contributed by atoms with Gasteiger partial charge in [-0.2, -0.15) is 17.4 Å². The summed E-state index contributed by atoms with van der Waals surface area (Å²) in [5.74, 6) is 0.252. The smallest absolute Gasteiger partial charge is 0.279 e. The summed E-state index contributed by atoms with van der Waals surface area (Å²) in [5.41, 5.74) is 5.61. The van der Waals surface area contributed by atoms with Gasteiger partial charge in [-0.3, -0.25) is 0 Å². The topological polar surface area (TPSA) is 93.9 Å². The van der Waals surface area contributed by atoms with E-state index in [2.05, 4.69) is 4.72 Å². The molecule has 1 heterocycles. The van der Waals surface area contributed by atoms with E-state index < -0.39 is 10.2 Å². The summed E-state index contributed by atoms with van der Waals surface area (Å²) in [6.45, 7) is 2.12. The number of piperidine rings is 1. The quantitative estimate of drug-likeness (QED) is 0.608. The van der Waals surface area contributed by atoms with Crippen LogP contribution in [0.4, 0.5) is 0 Å². The van der Waals surface area contributed by atoms with Crippen molar-refractivity contribution < 1.29 is 17.9 Å². The zero-order valence-corrected chi connectivity index (χ0v) is 12.5. The predicted octanol–water partition coefficient (Wildman–Crippen LogP) is -0.847. The number of hydrogen-bond acceptors (Lipinski definition) is 5. The first-order valence-corrected chi connectivity index (χ1v) is 7.94. The fourth-order valence-corrected chi connectivity index (χ4v) is 3.48. The molecule has 1 rings (SSSR count). The van der Waals surface area contributed by atoms with Crippen molar-refractivity contribution in [2.45, 2.75) is 18.9 Å². The molecule has 0 aromatic heterocycles. The number of hydrogen-bond donors (Lipinski definition) is 2. The molecule has 2 unspecified atom stereocenters. The van der Waals surface area contributed by atoms with E-state index >= 15 is 0 Å². The van der Waals surface area contributed by atoms with Crippen molar-refractivity contribution in [3.05, 3.63) is 0 Å². The molecule has 0 bridgehead atoms. The van der Waals surface area contributed by atoms with Crippen molar-refractivity contribution in [1.82, 2.24) is 9.03 Å². The van der Waals surface area contributed by atoms with Crippen LogP contribution < -0.4 is 10.5 Å². The average Bonchev–Trinajstić information content (AvgIpc) is 2.43. The van der Waals surface area contributed by atoms with Gasteiger partial charge in [0, 0.05) is 33.9 Å². The minimum absolute atomic E-state index is 0.205. The Morgan fingerprint density at radius 3 is 2.79 bits per heavy atom. The van der Waals surface area contributed by atoms with Gasteiger partial charge in [0.25, 0.3) is 10.2 Å². The zero-order chi connectivity index (χ0) is 14.3. The zero-order valence-electron chi connectivity index (χ0n) is 11.7. The second-order valence-corrected chi connectivity index (χ2v) is 6.52. The Balaban J connectivity index is 2.50. The van der Waals surface area contributed by atoms with Crippen LogP contribution in [0.3, 0.4) is 0 Å². The molecule has 3 N–H and O–H groups in total. The molecule has 0 aromatic rings. The Hall–Kier alpha value is -0.250. The molecule has 114 valence electrons. The predicted molar refractivity (Wildman–Crippen MR) is 72.9 cm³/mol. The third-order valence-corrected chi connectivity index (χ3v) is 4.88. The Kier molecular flexibility index (Phi) is 7.19. The van der Waals surface area contributed by atoms with E-state index in [0.717, 1.165) is 12.8 Å². The third-order valence-electron chi connectivity index (χ3n) is 3.33. The van der Waals surface area contributed by atoms with Gasteiger partial charge in [-0.05, 0) is 25.3 Å². The van der Waals surface area contributed by atoms with Crippen molar-refractivity contribution >= 4 is 10.2 Å².